The van der Waals surface area contributed by atoms with E-state index in [1.807, 2.05) is 0 Å². The topological polar surface area (TPSA) is 44.8 Å². The number of carbonyl (C=O) groups excluding carboxylic acids is 1. The Balaban J connectivity index is 2.11. The lowest BCUT2D eigenvalue weighted by molar-refractivity contribution is -0.134. The molecule has 0 atom stereocenters. The average Bonchev–Trinajstić information content (AvgIpc) is 2.36. The SMILES string of the molecule is COC(=O)c1ccc(OC2CC(F)(F)C2)c(OC)c1. The molecule has 104 valence electrons. The van der Waals surface area contributed by atoms with E-state index in [9.17, 15) is 13.6 Å². The molecule has 0 bridgehead atoms. The largest absolute Gasteiger partial charge is 0.493 e. The maximum absolute atomic E-state index is 12.7. The molecule has 1 aliphatic carbocycles. The van der Waals surface area contributed by atoms with Gasteiger partial charge in [0.25, 0.3) is 5.92 Å². The van der Waals surface area contributed by atoms with Gasteiger partial charge >= 0.3 is 5.97 Å². The highest BCUT2D eigenvalue weighted by molar-refractivity contribution is 5.90. The molecule has 0 N–H and O–H groups in total. The van der Waals surface area contributed by atoms with Gasteiger partial charge in [-0.1, -0.05) is 0 Å². The average molecular weight is 272 g/mol. The number of methoxy groups -OCH3 is 2. The summed E-state index contributed by atoms with van der Waals surface area (Å²) in [5, 5.41) is 0. The number of esters is 1. The zero-order chi connectivity index (χ0) is 14.0. The highest BCUT2D eigenvalue weighted by Crippen LogP contribution is 2.41. The molecule has 19 heavy (non-hydrogen) atoms. The second-order valence-electron chi connectivity index (χ2n) is 4.36. The standard InChI is InChI=1S/C13H14F2O4/c1-17-11-5-8(12(16)18-2)3-4-10(11)19-9-6-13(14,15)7-9/h3-5,9H,6-7H2,1-2H3. The van der Waals surface area contributed by atoms with Gasteiger partial charge in [-0.05, 0) is 18.2 Å². The van der Waals surface area contributed by atoms with Crippen molar-refractivity contribution in [3.05, 3.63) is 23.8 Å². The van der Waals surface area contributed by atoms with Crippen molar-refractivity contribution >= 4 is 5.97 Å². The molecule has 0 unspecified atom stereocenters. The van der Waals surface area contributed by atoms with Crippen molar-refractivity contribution in [1.82, 2.24) is 0 Å². The smallest absolute Gasteiger partial charge is 0.337 e. The Morgan fingerprint density at radius 2 is 1.95 bits per heavy atom. The lowest BCUT2D eigenvalue weighted by Crippen LogP contribution is -2.43. The molecule has 1 aromatic rings. The van der Waals surface area contributed by atoms with Gasteiger partial charge in [-0.2, -0.15) is 0 Å². The Bertz CT molecular complexity index is 480. The predicted molar refractivity (Wildman–Crippen MR) is 62.9 cm³/mol. The fourth-order valence-corrected chi connectivity index (χ4v) is 1.88. The Kier molecular flexibility index (Phi) is 3.59. The van der Waals surface area contributed by atoms with Gasteiger partial charge in [0, 0.05) is 12.8 Å². The molecule has 0 aromatic heterocycles. The molecule has 6 heteroatoms. The lowest BCUT2D eigenvalue weighted by Gasteiger charge is -2.35. The highest BCUT2D eigenvalue weighted by atomic mass is 19.3. The molecule has 0 heterocycles. The molecule has 2 rings (SSSR count). The van der Waals surface area contributed by atoms with Crippen molar-refractivity contribution in [2.45, 2.75) is 24.9 Å². The third-order valence-electron chi connectivity index (χ3n) is 2.93. The first-order valence-electron chi connectivity index (χ1n) is 5.76. The number of ether oxygens (including phenoxy) is 3. The van der Waals surface area contributed by atoms with Crippen LogP contribution in [0.2, 0.25) is 0 Å². The minimum Gasteiger partial charge on any atom is -0.493 e. The van der Waals surface area contributed by atoms with Crippen LogP contribution in [-0.2, 0) is 4.74 Å². The first-order valence-corrected chi connectivity index (χ1v) is 5.76. The van der Waals surface area contributed by atoms with Crippen molar-refractivity contribution in [3.63, 3.8) is 0 Å². The van der Waals surface area contributed by atoms with Gasteiger partial charge in [-0.15, -0.1) is 0 Å². The summed E-state index contributed by atoms with van der Waals surface area (Å²) in [4.78, 5) is 11.3. The number of rotatable bonds is 4. The Hall–Kier alpha value is -1.85. The van der Waals surface area contributed by atoms with Crippen LogP contribution in [0.4, 0.5) is 8.78 Å². The van der Waals surface area contributed by atoms with Crippen LogP contribution in [0.1, 0.15) is 23.2 Å². The summed E-state index contributed by atoms with van der Waals surface area (Å²) in [6.07, 6.45) is -1.11. The van der Waals surface area contributed by atoms with Gasteiger partial charge in [-0.25, -0.2) is 13.6 Å². The molecule has 1 aromatic carbocycles. The van der Waals surface area contributed by atoms with Crippen molar-refractivity contribution in [1.29, 1.82) is 0 Å². The highest BCUT2D eigenvalue weighted by Gasteiger charge is 2.47. The zero-order valence-electron chi connectivity index (χ0n) is 10.6. The molecular formula is C13H14F2O4. The number of alkyl halides is 2. The molecule has 1 fully saturated rings. The monoisotopic (exact) mass is 272 g/mol. The molecule has 0 saturated heterocycles. The summed E-state index contributed by atoms with van der Waals surface area (Å²) in [6.45, 7) is 0. The zero-order valence-corrected chi connectivity index (χ0v) is 10.6. The summed E-state index contributed by atoms with van der Waals surface area (Å²) in [5.74, 6) is -2.47. The number of benzene rings is 1. The van der Waals surface area contributed by atoms with E-state index in [4.69, 9.17) is 9.47 Å². The van der Waals surface area contributed by atoms with Gasteiger partial charge < -0.3 is 14.2 Å². The fourth-order valence-electron chi connectivity index (χ4n) is 1.88. The quantitative estimate of drug-likeness (QED) is 0.790. The summed E-state index contributed by atoms with van der Waals surface area (Å²) in [7, 11) is 2.69. The number of carbonyl (C=O) groups is 1. The van der Waals surface area contributed by atoms with Crippen LogP contribution >= 0.6 is 0 Å². The Morgan fingerprint density at radius 1 is 1.26 bits per heavy atom. The number of hydrogen-bond acceptors (Lipinski definition) is 4. The van der Waals surface area contributed by atoms with Crippen molar-refractivity contribution < 1.29 is 27.8 Å². The molecule has 0 amide bonds. The van der Waals surface area contributed by atoms with E-state index >= 15 is 0 Å². The van der Waals surface area contributed by atoms with Crippen molar-refractivity contribution in [3.8, 4) is 11.5 Å². The van der Waals surface area contributed by atoms with Crippen LogP contribution in [0.25, 0.3) is 0 Å². The fraction of sp³-hybridized carbons (Fsp3) is 0.462. The van der Waals surface area contributed by atoms with Gasteiger partial charge in [0.05, 0.1) is 19.8 Å². The molecule has 0 radical (unpaired) electrons. The van der Waals surface area contributed by atoms with Crippen LogP contribution in [-0.4, -0.2) is 32.2 Å². The van der Waals surface area contributed by atoms with E-state index in [2.05, 4.69) is 4.74 Å². The lowest BCUT2D eigenvalue weighted by atomic mass is 9.91. The summed E-state index contributed by atoms with van der Waals surface area (Å²) in [5.41, 5.74) is 0.311. The summed E-state index contributed by atoms with van der Waals surface area (Å²) < 4.78 is 40.5. The molecule has 0 spiro atoms. The summed E-state index contributed by atoms with van der Waals surface area (Å²) >= 11 is 0. The first kappa shape index (κ1) is 13.6. The molecule has 1 saturated carbocycles. The van der Waals surface area contributed by atoms with Gasteiger partial charge in [0.2, 0.25) is 0 Å². The van der Waals surface area contributed by atoms with Crippen molar-refractivity contribution in [2.24, 2.45) is 0 Å². The third-order valence-corrected chi connectivity index (χ3v) is 2.93. The normalized spacial score (nSPS) is 17.5. The van der Waals surface area contributed by atoms with E-state index < -0.39 is 18.0 Å². The molecule has 4 nitrogen and oxygen atoms in total. The maximum atomic E-state index is 12.7. The van der Waals surface area contributed by atoms with E-state index in [-0.39, 0.29) is 12.8 Å². The minimum absolute atomic E-state index is 0.297. The Morgan fingerprint density at radius 3 is 2.47 bits per heavy atom. The molecule has 1 aliphatic rings. The minimum atomic E-state index is -2.64. The third kappa shape index (κ3) is 2.94. The second-order valence-corrected chi connectivity index (χ2v) is 4.36. The van der Waals surface area contributed by atoms with Crippen LogP contribution in [0.5, 0.6) is 11.5 Å². The number of hydrogen-bond donors (Lipinski definition) is 0. The van der Waals surface area contributed by atoms with Gasteiger partial charge in [0.1, 0.15) is 6.10 Å². The summed E-state index contributed by atoms with van der Waals surface area (Å²) in [6, 6.07) is 4.47. The van der Waals surface area contributed by atoms with E-state index in [0.717, 1.165) is 0 Å². The van der Waals surface area contributed by atoms with Crippen LogP contribution in [0.3, 0.4) is 0 Å². The van der Waals surface area contributed by atoms with Gasteiger partial charge in [-0.3, -0.25) is 0 Å². The van der Waals surface area contributed by atoms with Gasteiger partial charge in [0.15, 0.2) is 11.5 Å². The van der Waals surface area contributed by atoms with Crippen LogP contribution in [0.15, 0.2) is 18.2 Å². The maximum Gasteiger partial charge on any atom is 0.337 e. The van der Waals surface area contributed by atoms with E-state index in [0.29, 0.717) is 17.1 Å². The van der Waals surface area contributed by atoms with Crippen LogP contribution in [0, 0.1) is 0 Å². The van der Waals surface area contributed by atoms with E-state index in [1.165, 1.54) is 32.4 Å². The molecule has 0 aliphatic heterocycles. The second kappa shape index (κ2) is 5.03. The van der Waals surface area contributed by atoms with Crippen LogP contribution < -0.4 is 9.47 Å². The predicted octanol–water partition coefficient (Wildman–Crippen LogP) is 2.66. The molecular weight excluding hydrogens is 258 g/mol. The first-order chi connectivity index (χ1) is 8.95. The number of halogens is 2. The van der Waals surface area contributed by atoms with E-state index in [1.54, 1.807) is 0 Å². The Labute approximate surface area is 109 Å². The van der Waals surface area contributed by atoms with Crippen molar-refractivity contribution in [2.75, 3.05) is 14.2 Å².